The third kappa shape index (κ3) is 4.15. The molecule has 1 unspecified atom stereocenters. The minimum absolute atomic E-state index is 0.172. The molecule has 102 valence electrons. The van der Waals surface area contributed by atoms with Gasteiger partial charge in [-0.15, -0.1) is 0 Å². The Labute approximate surface area is 112 Å². The number of nitrogens with two attached hydrogens (primary N) is 1. The predicted octanol–water partition coefficient (Wildman–Crippen LogP) is 1.57. The highest BCUT2D eigenvalue weighted by Gasteiger charge is 2.09. The Hall–Kier alpha value is -1.72. The Bertz CT molecular complexity index is 506. The minimum atomic E-state index is -0.212. The van der Waals surface area contributed by atoms with Crippen LogP contribution in [0.4, 0.5) is 4.39 Å². The average molecular weight is 262 g/mol. The molecular formula is C14H19FN4. The van der Waals surface area contributed by atoms with E-state index in [-0.39, 0.29) is 11.9 Å². The van der Waals surface area contributed by atoms with Crippen molar-refractivity contribution in [3.63, 3.8) is 0 Å². The molecule has 0 amide bonds. The lowest BCUT2D eigenvalue weighted by Crippen LogP contribution is -2.37. The first-order chi connectivity index (χ1) is 9.17. The van der Waals surface area contributed by atoms with Gasteiger partial charge in [0.2, 0.25) is 0 Å². The first-order valence-corrected chi connectivity index (χ1v) is 6.35. The summed E-state index contributed by atoms with van der Waals surface area (Å²) in [4.78, 5) is 0. The number of hydrazine groups is 1. The van der Waals surface area contributed by atoms with E-state index < -0.39 is 0 Å². The Morgan fingerprint density at radius 3 is 2.63 bits per heavy atom. The molecule has 0 aliphatic rings. The molecule has 0 saturated heterocycles. The Morgan fingerprint density at radius 1 is 1.32 bits per heavy atom. The van der Waals surface area contributed by atoms with Crippen molar-refractivity contribution in [2.75, 3.05) is 0 Å². The van der Waals surface area contributed by atoms with Gasteiger partial charge in [-0.3, -0.25) is 16.0 Å². The van der Waals surface area contributed by atoms with E-state index in [4.69, 9.17) is 5.84 Å². The van der Waals surface area contributed by atoms with E-state index in [9.17, 15) is 4.39 Å². The topological polar surface area (TPSA) is 55.9 Å². The summed E-state index contributed by atoms with van der Waals surface area (Å²) < 4.78 is 14.6. The van der Waals surface area contributed by atoms with E-state index in [1.54, 1.807) is 16.8 Å². The van der Waals surface area contributed by atoms with Crippen LogP contribution in [0.5, 0.6) is 0 Å². The molecule has 0 spiro atoms. The van der Waals surface area contributed by atoms with Gasteiger partial charge in [0.15, 0.2) is 0 Å². The van der Waals surface area contributed by atoms with Crippen LogP contribution in [0, 0.1) is 5.82 Å². The number of aryl methyl sites for hydroxylation is 2. The zero-order chi connectivity index (χ0) is 13.7. The van der Waals surface area contributed by atoms with Gasteiger partial charge in [0.25, 0.3) is 0 Å². The first-order valence-electron chi connectivity index (χ1n) is 6.35. The van der Waals surface area contributed by atoms with Gasteiger partial charge in [-0.1, -0.05) is 12.1 Å². The van der Waals surface area contributed by atoms with E-state index in [2.05, 4.69) is 10.5 Å². The van der Waals surface area contributed by atoms with Gasteiger partial charge in [0.05, 0.1) is 6.20 Å². The van der Waals surface area contributed by atoms with Crippen LogP contribution in [-0.4, -0.2) is 15.8 Å². The molecule has 3 N–H and O–H groups in total. The lowest BCUT2D eigenvalue weighted by molar-refractivity contribution is 0.491. The lowest BCUT2D eigenvalue weighted by Gasteiger charge is -2.15. The van der Waals surface area contributed by atoms with E-state index >= 15 is 0 Å². The van der Waals surface area contributed by atoms with Gasteiger partial charge in [-0.2, -0.15) is 5.10 Å². The monoisotopic (exact) mass is 262 g/mol. The molecule has 0 aliphatic carbocycles. The normalized spacial score (nSPS) is 12.6. The highest BCUT2D eigenvalue weighted by Crippen LogP contribution is 2.10. The van der Waals surface area contributed by atoms with Crippen LogP contribution in [0.15, 0.2) is 36.7 Å². The number of hydrogen-bond donors (Lipinski definition) is 2. The molecule has 5 heteroatoms. The second-order valence-corrected chi connectivity index (χ2v) is 4.76. The van der Waals surface area contributed by atoms with Crippen molar-refractivity contribution in [1.29, 1.82) is 0 Å². The molecule has 1 heterocycles. The van der Waals surface area contributed by atoms with Gasteiger partial charge < -0.3 is 0 Å². The molecule has 1 atom stereocenters. The molecule has 1 aromatic carbocycles. The number of aromatic nitrogens is 2. The van der Waals surface area contributed by atoms with Crippen molar-refractivity contribution in [1.82, 2.24) is 15.2 Å². The molecule has 2 aromatic rings. The molecule has 0 bridgehead atoms. The summed E-state index contributed by atoms with van der Waals surface area (Å²) in [5.41, 5.74) is 5.10. The molecule has 1 aromatic heterocycles. The molecule has 0 aliphatic heterocycles. The van der Waals surface area contributed by atoms with Crippen molar-refractivity contribution < 1.29 is 4.39 Å². The Morgan fingerprint density at radius 2 is 2.05 bits per heavy atom. The van der Waals surface area contributed by atoms with E-state index in [0.29, 0.717) is 0 Å². The number of nitrogens with zero attached hydrogens (tertiary/aromatic N) is 2. The lowest BCUT2D eigenvalue weighted by atomic mass is 10.0. The van der Waals surface area contributed by atoms with Crippen LogP contribution in [0.1, 0.15) is 17.5 Å². The second kappa shape index (κ2) is 6.45. The number of halogens is 1. The van der Waals surface area contributed by atoms with Crippen LogP contribution in [0.3, 0.4) is 0 Å². The molecule has 0 saturated carbocycles. The smallest absolute Gasteiger partial charge is 0.123 e. The van der Waals surface area contributed by atoms with Gasteiger partial charge in [-0.05, 0) is 42.5 Å². The standard InChI is InChI=1S/C14H19FN4/c1-19-10-12(9-17-19)4-7-14(18-16)8-11-2-5-13(15)6-3-11/h2-3,5-6,9-10,14,18H,4,7-8,16H2,1H3. The highest BCUT2D eigenvalue weighted by atomic mass is 19.1. The van der Waals surface area contributed by atoms with Crippen LogP contribution in [-0.2, 0) is 19.9 Å². The fraction of sp³-hybridized carbons (Fsp3) is 0.357. The van der Waals surface area contributed by atoms with Crippen LogP contribution in [0.25, 0.3) is 0 Å². The highest BCUT2D eigenvalue weighted by molar-refractivity contribution is 5.17. The average Bonchev–Trinajstić information content (AvgIpc) is 2.82. The van der Waals surface area contributed by atoms with Crippen molar-refractivity contribution in [3.8, 4) is 0 Å². The molecule has 2 rings (SSSR count). The third-order valence-corrected chi connectivity index (χ3v) is 3.17. The zero-order valence-electron chi connectivity index (χ0n) is 11.0. The maximum absolute atomic E-state index is 12.8. The number of nitrogens with one attached hydrogen (secondary N) is 1. The second-order valence-electron chi connectivity index (χ2n) is 4.76. The molecular weight excluding hydrogens is 243 g/mol. The summed E-state index contributed by atoms with van der Waals surface area (Å²) in [6, 6.07) is 6.72. The quantitative estimate of drug-likeness (QED) is 0.613. The number of hydrogen-bond acceptors (Lipinski definition) is 3. The summed E-state index contributed by atoms with van der Waals surface area (Å²) in [6.07, 6.45) is 6.50. The number of rotatable bonds is 6. The van der Waals surface area contributed by atoms with Crippen LogP contribution >= 0.6 is 0 Å². The Kier molecular flexibility index (Phi) is 4.65. The van der Waals surface area contributed by atoms with Crippen LogP contribution in [0.2, 0.25) is 0 Å². The summed E-state index contributed by atoms with van der Waals surface area (Å²) in [7, 11) is 1.90. The molecule has 19 heavy (non-hydrogen) atoms. The van der Waals surface area contributed by atoms with Crippen molar-refractivity contribution in [3.05, 3.63) is 53.6 Å². The number of benzene rings is 1. The molecule has 0 fully saturated rings. The summed E-state index contributed by atoms with van der Waals surface area (Å²) in [6.45, 7) is 0. The summed E-state index contributed by atoms with van der Waals surface area (Å²) >= 11 is 0. The van der Waals surface area contributed by atoms with Crippen molar-refractivity contribution >= 4 is 0 Å². The van der Waals surface area contributed by atoms with Gasteiger partial charge >= 0.3 is 0 Å². The maximum Gasteiger partial charge on any atom is 0.123 e. The largest absolute Gasteiger partial charge is 0.276 e. The van der Waals surface area contributed by atoms with Crippen LogP contribution < -0.4 is 11.3 Å². The van der Waals surface area contributed by atoms with E-state index in [0.717, 1.165) is 24.8 Å². The third-order valence-electron chi connectivity index (χ3n) is 3.17. The van der Waals surface area contributed by atoms with E-state index in [1.807, 2.05) is 19.4 Å². The minimum Gasteiger partial charge on any atom is -0.276 e. The fourth-order valence-electron chi connectivity index (χ4n) is 2.09. The fourth-order valence-corrected chi connectivity index (χ4v) is 2.09. The SMILES string of the molecule is Cn1cc(CCC(Cc2ccc(F)cc2)NN)cn1. The first kappa shape index (κ1) is 13.7. The zero-order valence-corrected chi connectivity index (χ0v) is 11.0. The Balaban J connectivity index is 1.87. The van der Waals surface area contributed by atoms with Gasteiger partial charge in [-0.25, -0.2) is 4.39 Å². The molecule has 0 radical (unpaired) electrons. The summed E-state index contributed by atoms with van der Waals surface area (Å²) in [5, 5.41) is 4.14. The maximum atomic E-state index is 12.8. The van der Waals surface area contributed by atoms with Gasteiger partial charge in [0.1, 0.15) is 5.82 Å². The van der Waals surface area contributed by atoms with Crippen molar-refractivity contribution in [2.24, 2.45) is 12.9 Å². The van der Waals surface area contributed by atoms with Crippen molar-refractivity contribution in [2.45, 2.75) is 25.3 Å². The van der Waals surface area contributed by atoms with Gasteiger partial charge in [0, 0.05) is 19.3 Å². The summed E-state index contributed by atoms with van der Waals surface area (Å²) in [5.74, 6) is 5.36. The van der Waals surface area contributed by atoms with E-state index in [1.165, 1.54) is 17.7 Å². The molecule has 4 nitrogen and oxygen atoms in total. The predicted molar refractivity (Wildman–Crippen MR) is 72.7 cm³/mol.